The summed E-state index contributed by atoms with van der Waals surface area (Å²) >= 11 is 0. The molecule has 0 aliphatic rings. The second-order valence-electron chi connectivity index (χ2n) is 2.35. The Hall–Kier alpha value is -1.58. The second-order valence-corrected chi connectivity index (χ2v) is 2.35. The summed E-state index contributed by atoms with van der Waals surface area (Å²) in [5, 5.41) is 8.33. The third-order valence-corrected chi connectivity index (χ3v) is 1.32. The summed E-state index contributed by atoms with van der Waals surface area (Å²) < 4.78 is 5.09. The van der Waals surface area contributed by atoms with Gasteiger partial charge in [0.25, 0.3) is 0 Å². The largest absolute Gasteiger partial charge is 0.478 e. The van der Waals surface area contributed by atoms with Gasteiger partial charge in [0.15, 0.2) is 5.89 Å². The van der Waals surface area contributed by atoms with Crippen molar-refractivity contribution in [1.82, 2.24) is 4.98 Å². The summed E-state index contributed by atoms with van der Waals surface area (Å²) in [4.78, 5) is 14.1. The first-order chi connectivity index (χ1) is 5.59. The van der Waals surface area contributed by atoms with Crippen molar-refractivity contribution in [2.45, 2.75) is 13.8 Å². The summed E-state index contributed by atoms with van der Waals surface area (Å²) in [5.74, 6) is 0.178. The Labute approximate surface area is 69.5 Å². The molecular formula is C8H9NO3. The highest BCUT2D eigenvalue weighted by Crippen LogP contribution is 2.09. The minimum atomic E-state index is -0.991. The average molecular weight is 167 g/mol. The molecule has 12 heavy (non-hydrogen) atoms. The number of aliphatic carboxylic acids is 1. The first-order valence-corrected chi connectivity index (χ1v) is 3.44. The maximum absolute atomic E-state index is 10.1. The highest BCUT2D eigenvalue weighted by molar-refractivity contribution is 5.85. The normalized spacial score (nSPS) is 10.8. The van der Waals surface area contributed by atoms with Crippen molar-refractivity contribution in [2.75, 3.05) is 0 Å². The molecule has 0 aliphatic heterocycles. The molecule has 0 aliphatic carbocycles. The summed E-state index contributed by atoms with van der Waals surface area (Å²) in [7, 11) is 0. The number of rotatable bonds is 2. The maximum Gasteiger partial charge on any atom is 0.328 e. The topological polar surface area (TPSA) is 63.3 Å². The summed E-state index contributed by atoms with van der Waals surface area (Å²) in [5.41, 5.74) is 0.565. The Balaban J connectivity index is 2.89. The molecule has 1 rings (SSSR count). The molecule has 0 amide bonds. The molecule has 4 nitrogen and oxygen atoms in total. The van der Waals surface area contributed by atoms with Gasteiger partial charge in [-0.05, 0) is 13.0 Å². The Morgan fingerprint density at radius 2 is 2.25 bits per heavy atom. The molecule has 0 fully saturated rings. The van der Waals surface area contributed by atoms with E-state index in [4.69, 9.17) is 9.52 Å². The van der Waals surface area contributed by atoms with Crippen molar-refractivity contribution in [2.24, 2.45) is 0 Å². The highest BCUT2D eigenvalue weighted by atomic mass is 16.4. The van der Waals surface area contributed by atoms with Crippen molar-refractivity contribution < 1.29 is 14.3 Å². The number of carboxylic acids is 1. The van der Waals surface area contributed by atoms with Crippen LogP contribution in [0.2, 0.25) is 0 Å². The summed E-state index contributed by atoms with van der Waals surface area (Å²) in [6.07, 6.45) is 2.44. The van der Waals surface area contributed by atoms with E-state index in [1.807, 2.05) is 0 Å². The fraction of sp³-hybridized carbons (Fsp3) is 0.250. The molecule has 0 bridgehead atoms. The SMILES string of the molecule is Cc1nc(C=CC(=O)O)c(C)o1. The molecule has 0 aromatic carbocycles. The fourth-order valence-corrected chi connectivity index (χ4v) is 0.850. The lowest BCUT2D eigenvalue weighted by atomic mass is 10.3. The molecule has 1 N–H and O–H groups in total. The molecule has 0 atom stereocenters. The summed E-state index contributed by atoms with van der Waals surface area (Å²) in [6, 6.07) is 0. The van der Waals surface area contributed by atoms with Crippen molar-refractivity contribution >= 4 is 12.0 Å². The Kier molecular flexibility index (Phi) is 2.28. The van der Waals surface area contributed by atoms with Crippen LogP contribution in [0.25, 0.3) is 6.08 Å². The number of hydrogen-bond acceptors (Lipinski definition) is 3. The molecular weight excluding hydrogens is 158 g/mol. The van der Waals surface area contributed by atoms with E-state index in [1.54, 1.807) is 13.8 Å². The zero-order chi connectivity index (χ0) is 9.14. The van der Waals surface area contributed by atoms with Gasteiger partial charge in [-0.3, -0.25) is 0 Å². The van der Waals surface area contributed by atoms with Crippen LogP contribution in [0.1, 0.15) is 17.3 Å². The minimum Gasteiger partial charge on any atom is -0.478 e. The standard InChI is InChI=1S/C8H9NO3/c1-5-7(3-4-8(10)11)9-6(2)12-5/h3-4H,1-2H3,(H,10,11). The van der Waals surface area contributed by atoms with Gasteiger partial charge in [0.05, 0.1) is 0 Å². The predicted molar refractivity (Wildman–Crippen MR) is 42.6 cm³/mol. The number of carboxylic acid groups (broad SMARTS) is 1. The third kappa shape index (κ3) is 1.95. The van der Waals surface area contributed by atoms with Gasteiger partial charge < -0.3 is 9.52 Å². The van der Waals surface area contributed by atoms with Crippen molar-refractivity contribution in [3.05, 3.63) is 23.4 Å². The van der Waals surface area contributed by atoms with Crippen LogP contribution in [-0.4, -0.2) is 16.1 Å². The van der Waals surface area contributed by atoms with Gasteiger partial charge in [-0.25, -0.2) is 9.78 Å². The van der Waals surface area contributed by atoms with Crippen LogP contribution in [0, 0.1) is 13.8 Å². The Morgan fingerprint density at radius 1 is 1.58 bits per heavy atom. The molecule has 64 valence electrons. The molecule has 0 saturated carbocycles. The van der Waals surface area contributed by atoms with Gasteiger partial charge in [0.1, 0.15) is 11.5 Å². The van der Waals surface area contributed by atoms with Crippen LogP contribution < -0.4 is 0 Å². The van der Waals surface area contributed by atoms with Crippen molar-refractivity contribution in [3.8, 4) is 0 Å². The van der Waals surface area contributed by atoms with E-state index < -0.39 is 5.97 Å². The number of carbonyl (C=O) groups is 1. The number of hydrogen-bond donors (Lipinski definition) is 1. The Bertz CT molecular complexity index is 325. The van der Waals surface area contributed by atoms with Crippen LogP contribution in [0.3, 0.4) is 0 Å². The molecule has 0 saturated heterocycles. The quantitative estimate of drug-likeness (QED) is 0.676. The van der Waals surface area contributed by atoms with Crippen molar-refractivity contribution in [1.29, 1.82) is 0 Å². The number of aromatic nitrogens is 1. The fourth-order valence-electron chi connectivity index (χ4n) is 0.850. The first-order valence-electron chi connectivity index (χ1n) is 3.44. The van der Waals surface area contributed by atoms with E-state index in [0.29, 0.717) is 17.3 Å². The lowest BCUT2D eigenvalue weighted by molar-refractivity contribution is -0.131. The lowest BCUT2D eigenvalue weighted by Gasteiger charge is -1.82. The van der Waals surface area contributed by atoms with E-state index in [-0.39, 0.29) is 0 Å². The predicted octanol–water partition coefficient (Wildman–Crippen LogP) is 1.39. The van der Waals surface area contributed by atoms with Gasteiger partial charge in [-0.1, -0.05) is 0 Å². The molecule has 0 radical (unpaired) electrons. The van der Waals surface area contributed by atoms with Crippen LogP contribution >= 0.6 is 0 Å². The van der Waals surface area contributed by atoms with Gasteiger partial charge in [0, 0.05) is 13.0 Å². The third-order valence-electron chi connectivity index (χ3n) is 1.32. The molecule has 0 unspecified atom stereocenters. The van der Waals surface area contributed by atoms with Gasteiger partial charge in [-0.15, -0.1) is 0 Å². The lowest BCUT2D eigenvalue weighted by Crippen LogP contribution is -1.86. The summed E-state index contributed by atoms with van der Waals surface area (Å²) in [6.45, 7) is 3.45. The van der Waals surface area contributed by atoms with E-state index in [2.05, 4.69) is 4.98 Å². The molecule has 4 heteroatoms. The zero-order valence-corrected chi connectivity index (χ0v) is 6.87. The Morgan fingerprint density at radius 3 is 2.67 bits per heavy atom. The zero-order valence-electron chi connectivity index (χ0n) is 6.87. The number of nitrogens with zero attached hydrogens (tertiary/aromatic N) is 1. The molecule has 1 aromatic rings. The first kappa shape index (κ1) is 8.52. The second kappa shape index (κ2) is 3.21. The van der Waals surface area contributed by atoms with Crippen molar-refractivity contribution in [3.63, 3.8) is 0 Å². The minimum absolute atomic E-state index is 0.539. The number of aryl methyl sites for hydroxylation is 2. The van der Waals surface area contributed by atoms with Gasteiger partial charge >= 0.3 is 5.97 Å². The average Bonchev–Trinajstić information content (AvgIpc) is 2.26. The molecule has 0 spiro atoms. The van der Waals surface area contributed by atoms with E-state index in [0.717, 1.165) is 6.08 Å². The van der Waals surface area contributed by atoms with E-state index in [1.165, 1.54) is 6.08 Å². The molecule has 1 aromatic heterocycles. The van der Waals surface area contributed by atoms with E-state index in [9.17, 15) is 4.79 Å². The van der Waals surface area contributed by atoms with Gasteiger partial charge in [0.2, 0.25) is 0 Å². The van der Waals surface area contributed by atoms with Crippen LogP contribution in [0.4, 0.5) is 0 Å². The maximum atomic E-state index is 10.1. The molecule has 1 heterocycles. The van der Waals surface area contributed by atoms with E-state index >= 15 is 0 Å². The smallest absolute Gasteiger partial charge is 0.328 e. The van der Waals surface area contributed by atoms with Gasteiger partial charge in [-0.2, -0.15) is 0 Å². The number of oxazole rings is 1. The van der Waals surface area contributed by atoms with Crippen LogP contribution in [0.15, 0.2) is 10.5 Å². The van der Waals surface area contributed by atoms with Crippen LogP contribution in [0.5, 0.6) is 0 Å². The van der Waals surface area contributed by atoms with Crippen LogP contribution in [-0.2, 0) is 4.79 Å². The monoisotopic (exact) mass is 167 g/mol. The highest BCUT2D eigenvalue weighted by Gasteiger charge is 2.02.